The van der Waals surface area contributed by atoms with Crippen LogP contribution in [0.25, 0.3) is 0 Å². The van der Waals surface area contributed by atoms with Gasteiger partial charge in [-0.15, -0.1) is 0 Å². The molecular weight excluding hydrogens is 334 g/mol. The van der Waals surface area contributed by atoms with E-state index >= 15 is 0 Å². The van der Waals surface area contributed by atoms with Gasteiger partial charge >= 0.3 is 12.0 Å². The zero-order chi connectivity index (χ0) is 19.1. The van der Waals surface area contributed by atoms with E-state index in [1.54, 1.807) is 36.1 Å². The van der Waals surface area contributed by atoms with Crippen molar-refractivity contribution in [2.45, 2.75) is 45.8 Å². The van der Waals surface area contributed by atoms with Crippen molar-refractivity contribution in [1.82, 2.24) is 10.2 Å². The minimum absolute atomic E-state index is 0.189. The van der Waals surface area contributed by atoms with Crippen LogP contribution in [-0.4, -0.2) is 48.0 Å². The summed E-state index contributed by atoms with van der Waals surface area (Å²) in [5, 5.41) is 5.13. The lowest BCUT2D eigenvalue weighted by molar-refractivity contribution is -0.160. The molecule has 1 saturated heterocycles. The Bertz CT molecular complexity index is 627. The third kappa shape index (κ3) is 5.75. The number of rotatable bonds is 5. The lowest BCUT2D eigenvalue weighted by Crippen LogP contribution is -2.47. The fraction of sp³-hybridized carbons (Fsp3) is 0.526. The Morgan fingerprint density at radius 2 is 1.73 bits per heavy atom. The van der Waals surface area contributed by atoms with Crippen LogP contribution in [0.3, 0.4) is 0 Å². The molecule has 0 aromatic heterocycles. The van der Waals surface area contributed by atoms with Crippen LogP contribution in [0.15, 0.2) is 30.3 Å². The van der Waals surface area contributed by atoms with Crippen LogP contribution in [0.2, 0.25) is 0 Å². The highest BCUT2D eigenvalue weighted by Gasteiger charge is 2.28. The van der Waals surface area contributed by atoms with Gasteiger partial charge in [0.15, 0.2) is 6.10 Å². The number of esters is 1. The zero-order valence-electron chi connectivity index (χ0n) is 15.5. The lowest BCUT2D eigenvalue weighted by Gasteiger charge is -2.32. The number of nitrogens with one attached hydrogen (secondary N) is 2. The van der Waals surface area contributed by atoms with E-state index in [0.717, 1.165) is 12.8 Å². The number of para-hydroxylation sites is 1. The van der Waals surface area contributed by atoms with Crippen molar-refractivity contribution in [2.24, 2.45) is 5.92 Å². The van der Waals surface area contributed by atoms with E-state index in [1.807, 2.05) is 6.07 Å². The van der Waals surface area contributed by atoms with E-state index in [1.165, 1.54) is 6.92 Å². The number of piperidine rings is 1. The molecule has 0 saturated carbocycles. The van der Waals surface area contributed by atoms with Crippen LogP contribution in [-0.2, 0) is 14.3 Å². The maximum Gasteiger partial charge on any atom is 0.329 e. The van der Waals surface area contributed by atoms with Gasteiger partial charge in [0.2, 0.25) is 0 Å². The van der Waals surface area contributed by atoms with Crippen molar-refractivity contribution in [2.75, 3.05) is 18.4 Å². The molecule has 2 rings (SSSR count). The van der Waals surface area contributed by atoms with Gasteiger partial charge in [0.1, 0.15) is 6.04 Å². The quantitative estimate of drug-likeness (QED) is 0.788. The normalized spacial score (nSPS) is 17.1. The molecule has 0 spiro atoms. The number of carbonyl (C=O) groups is 3. The van der Waals surface area contributed by atoms with Crippen LogP contribution < -0.4 is 10.6 Å². The fourth-order valence-corrected chi connectivity index (χ4v) is 2.76. The van der Waals surface area contributed by atoms with Crippen LogP contribution in [0.4, 0.5) is 10.5 Å². The molecule has 1 aromatic rings. The lowest BCUT2D eigenvalue weighted by atomic mass is 9.99. The molecule has 1 heterocycles. The van der Waals surface area contributed by atoms with Crippen molar-refractivity contribution < 1.29 is 19.1 Å². The molecule has 7 heteroatoms. The zero-order valence-corrected chi connectivity index (χ0v) is 15.5. The maximum atomic E-state index is 12.4. The average molecular weight is 361 g/mol. The summed E-state index contributed by atoms with van der Waals surface area (Å²) in [6.45, 7) is 6.63. The van der Waals surface area contributed by atoms with Crippen LogP contribution >= 0.6 is 0 Å². The summed E-state index contributed by atoms with van der Waals surface area (Å²) in [6, 6.07) is 7.53. The molecule has 0 bridgehead atoms. The van der Waals surface area contributed by atoms with Gasteiger partial charge < -0.3 is 20.3 Å². The van der Waals surface area contributed by atoms with Gasteiger partial charge in [-0.3, -0.25) is 4.79 Å². The van der Waals surface area contributed by atoms with Gasteiger partial charge in [0, 0.05) is 18.8 Å². The number of likely N-dealkylation sites (tertiary alicyclic amines) is 1. The smallest absolute Gasteiger partial charge is 0.329 e. The number of benzene rings is 1. The van der Waals surface area contributed by atoms with Gasteiger partial charge in [-0.2, -0.15) is 0 Å². The van der Waals surface area contributed by atoms with Gasteiger partial charge in [-0.25, -0.2) is 9.59 Å². The Labute approximate surface area is 154 Å². The topological polar surface area (TPSA) is 87.7 Å². The number of hydrogen-bond acceptors (Lipinski definition) is 4. The predicted molar refractivity (Wildman–Crippen MR) is 98.6 cm³/mol. The first-order valence-electron chi connectivity index (χ1n) is 8.98. The van der Waals surface area contributed by atoms with Gasteiger partial charge in [0.25, 0.3) is 5.91 Å². The summed E-state index contributed by atoms with van der Waals surface area (Å²) in [5.74, 6) is -0.213. The first-order chi connectivity index (χ1) is 12.4. The van der Waals surface area contributed by atoms with E-state index in [4.69, 9.17) is 4.74 Å². The number of anilines is 1. The summed E-state index contributed by atoms with van der Waals surface area (Å²) in [7, 11) is 0. The van der Waals surface area contributed by atoms with E-state index in [-0.39, 0.29) is 5.91 Å². The molecule has 0 radical (unpaired) electrons. The summed E-state index contributed by atoms with van der Waals surface area (Å²) in [5.41, 5.74) is 0.619. The first kappa shape index (κ1) is 19.8. The molecule has 1 aromatic carbocycles. The Balaban J connectivity index is 1.78. The van der Waals surface area contributed by atoms with E-state index < -0.39 is 24.1 Å². The summed E-state index contributed by atoms with van der Waals surface area (Å²) in [4.78, 5) is 38.2. The monoisotopic (exact) mass is 361 g/mol. The molecule has 142 valence electrons. The second-order valence-electron chi connectivity index (χ2n) is 6.77. The number of amides is 3. The van der Waals surface area contributed by atoms with Crippen molar-refractivity contribution in [3.8, 4) is 0 Å². The number of carbonyl (C=O) groups excluding carboxylic acids is 3. The standard InChI is InChI=1S/C19H27N3O4/c1-13-9-11-22(12-10-13)17(23)15(3)26-18(24)14(2)20-19(25)21-16-7-5-4-6-8-16/h4-8,13-15H,9-12H2,1-3H3,(H2,20,21,25). The highest BCUT2D eigenvalue weighted by molar-refractivity contribution is 5.93. The molecule has 2 unspecified atom stereocenters. The maximum absolute atomic E-state index is 12.4. The molecule has 1 aliphatic rings. The molecule has 3 amide bonds. The Hall–Kier alpha value is -2.57. The molecule has 1 aliphatic heterocycles. The third-order valence-corrected chi connectivity index (χ3v) is 4.47. The SMILES string of the molecule is CC1CCN(C(=O)C(C)OC(=O)C(C)NC(=O)Nc2ccccc2)CC1. The molecular formula is C19H27N3O4. The Morgan fingerprint density at radius 1 is 1.12 bits per heavy atom. The molecule has 26 heavy (non-hydrogen) atoms. The van der Waals surface area contributed by atoms with Crippen molar-refractivity contribution in [3.05, 3.63) is 30.3 Å². The molecule has 7 nitrogen and oxygen atoms in total. The molecule has 1 fully saturated rings. The highest BCUT2D eigenvalue weighted by atomic mass is 16.5. The summed E-state index contributed by atoms with van der Waals surface area (Å²) >= 11 is 0. The molecule has 0 aliphatic carbocycles. The highest BCUT2D eigenvalue weighted by Crippen LogP contribution is 2.17. The summed E-state index contributed by atoms with van der Waals surface area (Å²) in [6.07, 6.45) is 1.06. The number of urea groups is 1. The van der Waals surface area contributed by atoms with E-state index in [0.29, 0.717) is 24.7 Å². The average Bonchev–Trinajstić information content (AvgIpc) is 2.62. The first-order valence-corrected chi connectivity index (χ1v) is 8.98. The van der Waals surface area contributed by atoms with Crippen molar-refractivity contribution in [3.63, 3.8) is 0 Å². The van der Waals surface area contributed by atoms with E-state index in [9.17, 15) is 14.4 Å². The van der Waals surface area contributed by atoms with Gasteiger partial charge in [-0.05, 0) is 44.7 Å². The van der Waals surface area contributed by atoms with E-state index in [2.05, 4.69) is 17.6 Å². The molecule has 2 N–H and O–H groups in total. The minimum Gasteiger partial charge on any atom is -0.451 e. The number of ether oxygens (including phenoxy) is 1. The van der Waals surface area contributed by atoms with Crippen LogP contribution in [0, 0.1) is 5.92 Å². The second kappa shape index (κ2) is 9.22. The molecule has 2 atom stereocenters. The van der Waals surface area contributed by atoms with Gasteiger partial charge in [-0.1, -0.05) is 25.1 Å². The number of hydrogen-bond donors (Lipinski definition) is 2. The van der Waals surface area contributed by atoms with Crippen molar-refractivity contribution in [1.29, 1.82) is 0 Å². The minimum atomic E-state index is -0.865. The Kier molecular flexibility index (Phi) is 7.00. The third-order valence-electron chi connectivity index (χ3n) is 4.47. The van der Waals surface area contributed by atoms with Crippen LogP contribution in [0.5, 0.6) is 0 Å². The predicted octanol–water partition coefficient (Wildman–Crippen LogP) is 2.39. The summed E-state index contributed by atoms with van der Waals surface area (Å²) < 4.78 is 5.23. The van der Waals surface area contributed by atoms with Crippen LogP contribution in [0.1, 0.15) is 33.6 Å². The largest absolute Gasteiger partial charge is 0.451 e. The Morgan fingerprint density at radius 3 is 2.35 bits per heavy atom. The number of nitrogens with zero attached hydrogens (tertiary/aromatic N) is 1. The fourth-order valence-electron chi connectivity index (χ4n) is 2.76. The second-order valence-corrected chi connectivity index (χ2v) is 6.77. The van der Waals surface area contributed by atoms with Crippen molar-refractivity contribution >= 4 is 23.6 Å². The van der Waals surface area contributed by atoms with Gasteiger partial charge in [0.05, 0.1) is 0 Å².